The van der Waals surface area contributed by atoms with E-state index in [-0.39, 0.29) is 5.97 Å². The highest BCUT2D eigenvalue weighted by molar-refractivity contribution is 9.10. The zero-order chi connectivity index (χ0) is 15.2. The molecule has 0 aliphatic carbocycles. The Morgan fingerprint density at radius 2 is 1.86 bits per heavy atom. The van der Waals surface area contributed by atoms with Gasteiger partial charge in [-0.25, -0.2) is 4.79 Å². The Kier molecular flexibility index (Phi) is 5.88. The van der Waals surface area contributed by atoms with Gasteiger partial charge in [0.1, 0.15) is 0 Å². The number of rotatable bonds is 5. The van der Waals surface area contributed by atoms with Crippen LogP contribution in [0.4, 0.5) is 0 Å². The van der Waals surface area contributed by atoms with Gasteiger partial charge < -0.3 is 4.74 Å². The molecule has 2 nitrogen and oxygen atoms in total. The van der Waals surface area contributed by atoms with Gasteiger partial charge in [0.05, 0.1) is 12.2 Å². The van der Waals surface area contributed by atoms with Gasteiger partial charge in [-0.05, 0) is 49.2 Å². The Labute approximate surface area is 138 Å². The molecule has 0 amide bonds. The van der Waals surface area contributed by atoms with Gasteiger partial charge in [0.15, 0.2) is 0 Å². The lowest BCUT2D eigenvalue weighted by Crippen LogP contribution is -2.06. The molecule has 4 heteroatoms. The molecule has 0 aliphatic heterocycles. The number of hydrogen-bond donors (Lipinski definition) is 0. The predicted octanol–water partition coefficient (Wildman–Crippen LogP) is 5.34. The molecule has 0 saturated heterocycles. The number of aryl methyl sites for hydroxylation is 1. The summed E-state index contributed by atoms with van der Waals surface area (Å²) in [4.78, 5) is 14.1. The maximum atomic E-state index is 12.1. The second-order valence-electron chi connectivity index (χ2n) is 4.46. The molecular weight excluding hydrogens is 348 g/mol. The molecule has 110 valence electrons. The van der Waals surface area contributed by atoms with Crippen molar-refractivity contribution in [1.82, 2.24) is 0 Å². The largest absolute Gasteiger partial charge is 0.462 e. The quantitative estimate of drug-likeness (QED) is 0.669. The average molecular weight is 365 g/mol. The van der Waals surface area contributed by atoms with Gasteiger partial charge in [0.2, 0.25) is 0 Å². The van der Waals surface area contributed by atoms with E-state index in [1.54, 1.807) is 17.8 Å². The van der Waals surface area contributed by atoms with E-state index in [0.717, 1.165) is 20.7 Å². The van der Waals surface area contributed by atoms with Crippen molar-refractivity contribution in [2.75, 3.05) is 6.61 Å². The smallest absolute Gasteiger partial charge is 0.339 e. The van der Waals surface area contributed by atoms with Crippen LogP contribution in [0.2, 0.25) is 0 Å². The monoisotopic (exact) mass is 364 g/mol. The highest BCUT2D eigenvalue weighted by Gasteiger charge is 2.14. The molecular formula is C17H17BrO2S. The van der Waals surface area contributed by atoms with E-state index < -0.39 is 0 Å². The summed E-state index contributed by atoms with van der Waals surface area (Å²) >= 11 is 4.98. The maximum Gasteiger partial charge on any atom is 0.339 e. The van der Waals surface area contributed by atoms with Gasteiger partial charge in [0.25, 0.3) is 0 Å². The molecule has 2 rings (SSSR count). The predicted molar refractivity (Wildman–Crippen MR) is 90.0 cm³/mol. The van der Waals surface area contributed by atoms with Gasteiger partial charge in [-0.15, -0.1) is 0 Å². The molecule has 0 radical (unpaired) electrons. The molecule has 2 aromatic rings. The summed E-state index contributed by atoms with van der Waals surface area (Å²) in [5, 5.41) is 0. The molecule has 0 saturated carbocycles. The van der Waals surface area contributed by atoms with Crippen LogP contribution in [-0.4, -0.2) is 12.6 Å². The highest BCUT2D eigenvalue weighted by atomic mass is 79.9. The van der Waals surface area contributed by atoms with Crippen LogP contribution in [-0.2, 0) is 11.2 Å². The zero-order valence-electron chi connectivity index (χ0n) is 12.1. The molecule has 0 bridgehead atoms. The third-order valence-corrected chi connectivity index (χ3v) is 4.57. The number of hydrogen-bond acceptors (Lipinski definition) is 3. The fraction of sp³-hybridized carbons (Fsp3) is 0.235. The number of carbonyl (C=O) groups excluding carboxylic acids is 1. The summed E-state index contributed by atoms with van der Waals surface area (Å²) in [6.45, 7) is 4.32. The minimum atomic E-state index is -0.286. The summed E-state index contributed by atoms with van der Waals surface area (Å²) in [5.41, 5.74) is 1.90. The van der Waals surface area contributed by atoms with Crippen molar-refractivity contribution in [3.63, 3.8) is 0 Å². The van der Waals surface area contributed by atoms with Crippen molar-refractivity contribution in [3.8, 4) is 0 Å². The van der Waals surface area contributed by atoms with Crippen molar-refractivity contribution in [2.24, 2.45) is 0 Å². The van der Waals surface area contributed by atoms with Gasteiger partial charge in [-0.3, -0.25) is 0 Å². The van der Waals surface area contributed by atoms with Crippen LogP contribution < -0.4 is 0 Å². The van der Waals surface area contributed by atoms with Gasteiger partial charge in [0, 0.05) is 14.3 Å². The molecule has 0 aliphatic rings. The SMILES string of the molecule is CCOC(=O)c1cc(Br)ccc1Sc1ccc(CC)cc1. The van der Waals surface area contributed by atoms with Gasteiger partial charge >= 0.3 is 5.97 Å². The first-order chi connectivity index (χ1) is 10.1. The van der Waals surface area contributed by atoms with Crippen molar-refractivity contribution >= 4 is 33.7 Å². The summed E-state index contributed by atoms with van der Waals surface area (Å²) in [6.07, 6.45) is 1.03. The van der Waals surface area contributed by atoms with Crippen LogP contribution in [0.5, 0.6) is 0 Å². The Balaban J connectivity index is 2.27. The number of benzene rings is 2. The minimum absolute atomic E-state index is 0.286. The number of esters is 1. The first-order valence-corrected chi connectivity index (χ1v) is 8.48. The molecule has 0 heterocycles. The molecule has 0 fully saturated rings. The van der Waals surface area contributed by atoms with E-state index in [0.29, 0.717) is 12.2 Å². The molecule has 0 aromatic heterocycles. The Bertz CT molecular complexity index is 623. The second-order valence-corrected chi connectivity index (χ2v) is 6.49. The third kappa shape index (κ3) is 4.35. The molecule has 0 N–H and O–H groups in total. The van der Waals surface area contributed by atoms with Crippen molar-refractivity contribution in [1.29, 1.82) is 0 Å². The van der Waals surface area contributed by atoms with Gasteiger partial charge in [-0.2, -0.15) is 0 Å². The minimum Gasteiger partial charge on any atom is -0.462 e. The summed E-state index contributed by atoms with van der Waals surface area (Å²) < 4.78 is 6.00. The molecule has 0 unspecified atom stereocenters. The van der Waals surface area contributed by atoms with Crippen LogP contribution in [0.1, 0.15) is 29.8 Å². The Morgan fingerprint density at radius 3 is 2.48 bits per heavy atom. The Morgan fingerprint density at radius 1 is 1.14 bits per heavy atom. The lowest BCUT2D eigenvalue weighted by molar-refractivity contribution is 0.0522. The van der Waals surface area contributed by atoms with Crippen LogP contribution in [0, 0.1) is 0 Å². The number of carbonyl (C=O) groups is 1. The van der Waals surface area contributed by atoms with Crippen LogP contribution in [0.15, 0.2) is 56.7 Å². The summed E-state index contributed by atoms with van der Waals surface area (Å²) in [5.74, 6) is -0.286. The normalized spacial score (nSPS) is 10.4. The fourth-order valence-electron chi connectivity index (χ4n) is 1.88. The van der Waals surface area contributed by atoms with E-state index in [1.807, 2.05) is 19.1 Å². The lowest BCUT2D eigenvalue weighted by atomic mass is 10.2. The van der Waals surface area contributed by atoms with Crippen LogP contribution in [0.3, 0.4) is 0 Å². The van der Waals surface area contributed by atoms with Crippen LogP contribution in [0.25, 0.3) is 0 Å². The van der Waals surface area contributed by atoms with E-state index in [9.17, 15) is 4.79 Å². The van der Waals surface area contributed by atoms with E-state index in [2.05, 4.69) is 47.1 Å². The molecule has 2 aromatic carbocycles. The first-order valence-electron chi connectivity index (χ1n) is 6.87. The molecule has 21 heavy (non-hydrogen) atoms. The zero-order valence-corrected chi connectivity index (χ0v) is 14.5. The third-order valence-electron chi connectivity index (χ3n) is 3.00. The number of ether oxygens (including phenoxy) is 1. The fourth-order valence-corrected chi connectivity index (χ4v) is 3.16. The van der Waals surface area contributed by atoms with Crippen molar-refractivity contribution in [2.45, 2.75) is 30.1 Å². The van der Waals surface area contributed by atoms with E-state index in [1.165, 1.54) is 5.56 Å². The topological polar surface area (TPSA) is 26.3 Å². The first kappa shape index (κ1) is 16.1. The summed E-state index contributed by atoms with van der Waals surface area (Å²) in [6, 6.07) is 14.1. The van der Waals surface area contributed by atoms with E-state index in [4.69, 9.17) is 4.74 Å². The second kappa shape index (κ2) is 7.66. The average Bonchev–Trinajstić information content (AvgIpc) is 2.50. The van der Waals surface area contributed by atoms with E-state index >= 15 is 0 Å². The molecule has 0 spiro atoms. The molecule has 0 atom stereocenters. The van der Waals surface area contributed by atoms with Crippen molar-refractivity contribution in [3.05, 3.63) is 58.1 Å². The maximum absolute atomic E-state index is 12.1. The highest BCUT2D eigenvalue weighted by Crippen LogP contribution is 2.32. The lowest BCUT2D eigenvalue weighted by Gasteiger charge is -2.09. The van der Waals surface area contributed by atoms with Gasteiger partial charge in [-0.1, -0.05) is 46.7 Å². The standard InChI is InChI=1S/C17H17BrO2S/c1-3-12-5-8-14(9-6-12)21-16-10-7-13(18)11-15(16)17(19)20-4-2/h5-11H,3-4H2,1-2H3. The van der Waals surface area contributed by atoms with Crippen LogP contribution >= 0.6 is 27.7 Å². The number of halogens is 1. The Hall–Kier alpha value is -1.26. The van der Waals surface area contributed by atoms with Crippen molar-refractivity contribution < 1.29 is 9.53 Å². The summed E-state index contributed by atoms with van der Waals surface area (Å²) in [7, 11) is 0.